The second-order valence-electron chi connectivity index (χ2n) is 7.58. The molecule has 5 nitrogen and oxygen atoms in total. The van der Waals surface area contributed by atoms with E-state index in [1.807, 2.05) is 26.0 Å². The van der Waals surface area contributed by atoms with E-state index >= 15 is 0 Å². The molecule has 0 radical (unpaired) electrons. The number of halogens is 2. The molecule has 2 aromatic rings. The van der Waals surface area contributed by atoms with Gasteiger partial charge in [0.1, 0.15) is 5.82 Å². The van der Waals surface area contributed by atoms with Gasteiger partial charge in [-0.25, -0.2) is 4.98 Å². The summed E-state index contributed by atoms with van der Waals surface area (Å²) in [6, 6.07) is 8.92. The molecule has 30 heavy (non-hydrogen) atoms. The number of rotatable bonds is 3. The molecule has 0 fully saturated rings. The molecule has 1 aromatic heterocycles. The molecule has 0 saturated heterocycles. The van der Waals surface area contributed by atoms with E-state index in [9.17, 15) is 9.59 Å². The summed E-state index contributed by atoms with van der Waals surface area (Å²) in [4.78, 5) is 30.6. The van der Waals surface area contributed by atoms with E-state index < -0.39 is 5.92 Å². The summed E-state index contributed by atoms with van der Waals surface area (Å²) in [5.74, 6) is -0.458. The maximum Gasteiger partial charge on any atom is 0.255 e. The zero-order chi connectivity index (χ0) is 21.4. The van der Waals surface area contributed by atoms with Crippen LogP contribution in [0, 0.1) is 6.92 Å². The molecule has 0 spiro atoms. The maximum atomic E-state index is 13.4. The monoisotopic (exact) mass is 441 g/mol. The van der Waals surface area contributed by atoms with Crippen LogP contribution in [0.15, 0.2) is 59.1 Å². The summed E-state index contributed by atoms with van der Waals surface area (Å²) >= 11 is 12.8. The van der Waals surface area contributed by atoms with E-state index in [0.29, 0.717) is 44.7 Å². The van der Waals surface area contributed by atoms with Gasteiger partial charge in [-0.1, -0.05) is 41.4 Å². The van der Waals surface area contributed by atoms with Gasteiger partial charge in [0.2, 0.25) is 0 Å². The summed E-state index contributed by atoms with van der Waals surface area (Å²) < 4.78 is 0. The van der Waals surface area contributed by atoms with Gasteiger partial charge >= 0.3 is 0 Å². The van der Waals surface area contributed by atoms with Crippen molar-refractivity contribution in [1.29, 1.82) is 0 Å². The van der Waals surface area contributed by atoms with Gasteiger partial charge in [-0.05, 0) is 49.9 Å². The zero-order valence-corrected chi connectivity index (χ0v) is 18.2. The molecule has 1 aliphatic heterocycles. The molecule has 7 heteroatoms. The Hall–Kier alpha value is -2.63. The summed E-state index contributed by atoms with van der Waals surface area (Å²) in [5, 5.41) is 6.88. The topological polar surface area (TPSA) is 71.1 Å². The largest absolute Gasteiger partial charge is 0.362 e. The second kappa shape index (κ2) is 8.25. The zero-order valence-electron chi connectivity index (χ0n) is 16.7. The van der Waals surface area contributed by atoms with Crippen LogP contribution in [-0.2, 0) is 9.59 Å². The van der Waals surface area contributed by atoms with Crippen molar-refractivity contribution in [2.75, 3.05) is 5.32 Å². The minimum absolute atomic E-state index is 0.0241. The maximum absolute atomic E-state index is 13.4. The van der Waals surface area contributed by atoms with E-state index in [4.69, 9.17) is 23.2 Å². The third-order valence-corrected chi connectivity index (χ3v) is 6.30. The van der Waals surface area contributed by atoms with Crippen molar-refractivity contribution in [3.8, 4) is 0 Å². The van der Waals surface area contributed by atoms with Gasteiger partial charge in [-0.2, -0.15) is 0 Å². The fraction of sp³-hybridized carbons (Fsp3) is 0.261. The fourth-order valence-corrected chi connectivity index (χ4v) is 4.48. The Morgan fingerprint density at radius 3 is 2.70 bits per heavy atom. The van der Waals surface area contributed by atoms with E-state index in [1.54, 1.807) is 24.4 Å². The van der Waals surface area contributed by atoms with Crippen LogP contribution in [0.25, 0.3) is 0 Å². The van der Waals surface area contributed by atoms with Crippen molar-refractivity contribution in [3.63, 3.8) is 0 Å². The van der Waals surface area contributed by atoms with Crippen LogP contribution in [0.2, 0.25) is 10.0 Å². The van der Waals surface area contributed by atoms with Crippen LogP contribution in [-0.4, -0.2) is 16.7 Å². The van der Waals surface area contributed by atoms with Crippen LogP contribution in [0.4, 0.5) is 5.82 Å². The number of aromatic nitrogens is 1. The highest BCUT2D eigenvalue weighted by molar-refractivity contribution is 6.42. The summed E-state index contributed by atoms with van der Waals surface area (Å²) in [7, 11) is 0. The van der Waals surface area contributed by atoms with Gasteiger partial charge in [0.25, 0.3) is 5.91 Å². The van der Waals surface area contributed by atoms with Crippen molar-refractivity contribution in [2.45, 2.75) is 39.0 Å². The minimum Gasteiger partial charge on any atom is -0.362 e. The number of pyridine rings is 1. The first-order valence-corrected chi connectivity index (χ1v) is 10.5. The predicted molar refractivity (Wildman–Crippen MR) is 119 cm³/mol. The third-order valence-electron chi connectivity index (χ3n) is 5.47. The second-order valence-corrected chi connectivity index (χ2v) is 8.37. The van der Waals surface area contributed by atoms with Gasteiger partial charge in [0.15, 0.2) is 5.78 Å². The number of carbonyl (C=O) groups excluding carboxylic acids is 2. The number of nitrogens with zero attached hydrogens (tertiary/aromatic N) is 1. The van der Waals surface area contributed by atoms with Crippen molar-refractivity contribution < 1.29 is 9.59 Å². The number of amides is 1. The van der Waals surface area contributed by atoms with Gasteiger partial charge in [-0.3, -0.25) is 9.59 Å². The van der Waals surface area contributed by atoms with E-state index in [1.165, 1.54) is 0 Å². The van der Waals surface area contributed by atoms with Crippen molar-refractivity contribution in [2.24, 2.45) is 0 Å². The van der Waals surface area contributed by atoms with Crippen LogP contribution in [0.5, 0.6) is 0 Å². The lowest BCUT2D eigenvalue weighted by Crippen LogP contribution is -2.35. The smallest absolute Gasteiger partial charge is 0.255 e. The molecule has 1 atom stereocenters. The van der Waals surface area contributed by atoms with Gasteiger partial charge in [0, 0.05) is 41.1 Å². The Kier molecular flexibility index (Phi) is 5.67. The number of ketones is 1. The Balaban J connectivity index is 1.82. The molecule has 0 saturated carbocycles. The Morgan fingerprint density at radius 2 is 1.97 bits per heavy atom. The molecule has 2 aliphatic rings. The number of anilines is 1. The van der Waals surface area contributed by atoms with E-state index in [2.05, 4.69) is 15.6 Å². The normalized spacial score (nSPS) is 18.8. The van der Waals surface area contributed by atoms with Crippen LogP contribution >= 0.6 is 23.2 Å². The van der Waals surface area contributed by atoms with Crippen LogP contribution in [0.3, 0.4) is 0 Å². The van der Waals surface area contributed by atoms with E-state index in [0.717, 1.165) is 24.1 Å². The van der Waals surface area contributed by atoms with E-state index in [-0.39, 0.29) is 11.7 Å². The molecule has 154 valence electrons. The number of nitrogens with one attached hydrogen (secondary N) is 2. The predicted octanol–water partition coefficient (Wildman–Crippen LogP) is 5.30. The Bertz CT molecular complexity index is 1100. The Morgan fingerprint density at radius 1 is 1.17 bits per heavy atom. The standard InChI is InChI=1S/C23H21Cl2N3O2/c1-12-9-10-18(26-11-12)28-23(30)19-13(2)27-16-7-4-8-17(29)21(16)20(19)14-5-3-6-15(24)22(14)25/h3,5-6,9-11,20,27H,4,7-8H2,1-2H3,(H,26,28,30)/t20-/m0/s1. The van der Waals surface area contributed by atoms with Gasteiger partial charge < -0.3 is 10.6 Å². The van der Waals surface area contributed by atoms with Gasteiger partial charge in [-0.15, -0.1) is 0 Å². The number of hydrogen-bond acceptors (Lipinski definition) is 4. The summed E-state index contributed by atoms with van der Waals surface area (Å²) in [6.45, 7) is 3.77. The first-order valence-electron chi connectivity index (χ1n) is 9.78. The average Bonchev–Trinajstić information content (AvgIpc) is 2.71. The number of allylic oxidation sites excluding steroid dienone is 3. The average molecular weight is 442 g/mol. The Labute approximate surface area is 185 Å². The van der Waals surface area contributed by atoms with Crippen LogP contribution < -0.4 is 10.6 Å². The molecule has 0 unspecified atom stereocenters. The van der Waals surface area contributed by atoms with Crippen molar-refractivity contribution in [1.82, 2.24) is 10.3 Å². The fourth-order valence-electron chi connectivity index (χ4n) is 4.06. The molecule has 1 amide bonds. The molecular formula is C23H21Cl2N3O2. The van der Waals surface area contributed by atoms with Crippen molar-refractivity contribution in [3.05, 3.63) is 80.2 Å². The molecule has 2 N–H and O–H groups in total. The number of dihydropyridines is 1. The highest BCUT2D eigenvalue weighted by Crippen LogP contribution is 2.45. The molecule has 1 aromatic carbocycles. The minimum atomic E-state index is -0.592. The molecule has 4 rings (SSSR count). The molecular weight excluding hydrogens is 421 g/mol. The van der Waals surface area contributed by atoms with Crippen LogP contribution in [0.1, 0.15) is 43.2 Å². The highest BCUT2D eigenvalue weighted by Gasteiger charge is 2.39. The quantitative estimate of drug-likeness (QED) is 0.677. The number of Topliss-reactive ketones (excluding diaryl/α,β-unsaturated/α-hetero) is 1. The highest BCUT2D eigenvalue weighted by atomic mass is 35.5. The van der Waals surface area contributed by atoms with Gasteiger partial charge in [0.05, 0.1) is 10.0 Å². The lowest BCUT2D eigenvalue weighted by Gasteiger charge is -2.35. The summed E-state index contributed by atoms with van der Waals surface area (Å²) in [6.07, 6.45) is 3.67. The lowest BCUT2D eigenvalue weighted by molar-refractivity contribution is -0.116. The van der Waals surface area contributed by atoms with Crippen molar-refractivity contribution >= 4 is 40.7 Å². The molecule has 1 aliphatic carbocycles. The summed E-state index contributed by atoms with van der Waals surface area (Å²) in [5.41, 5.74) is 4.22. The number of hydrogen-bond donors (Lipinski definition) is 2. The molecule has 0 bridgehead atoms. The number of carbonyl (C=O) groups is 2. The number of aryl methyl sites for hydroxylation is 1. The first-order chi connectivity index (χ1) is 14.4. The third kappa shape index (κ3) is 3.75. The number of benzene rings is 1. The lowest BCUT2D eigenvalue weighted by atomic mass is 9.75. The SMILES string of the molecule is CC1=C(C(=O)Nc2ccc(C)cn2)[C@H](c2cccc(Cl)c2Cl)C2=C(CCCC2=O)N1. The first kappa shape index (κ1) is 20.6. The molecule has 2 heterocycles.